The first-order chi connectivity index (χ1) is 20.4. The number of hydrogen-bond donors (Lipinski definition) is 3. The van der Waals surface area contributed by atoms with E-state index in [0.29, 0.717) is 53.6 Å². The van der Waals surface area contributed by atoms with Gasteiger partial charge < -0.3 is 30.2 Å². The number of ether oxygens (including phenoxy) is 1. The average Bonchev–Trinajstić information content (AvgIpc) is 3.47. The Labute approximate surface area is 244 Å². The Kier molecular flexibility index (Phi) is 7.43. The minimum Gasteiger partial charge on any atom is -0.492 e. The van der Waals surface area contributed by atoms with E-state index < -0.39 is 5.82 Å². The monoisotopic (exact) mass is 568 g/mol. The Hall–Kier alpha value is -4.62. The number of rotatable bonds is 7. The third-order valence-corrected chi connectivity index (χ3v) is 7.95. The predicted molar refractivity (Wildman–Crippen MR) is 158 cm³/mol. The number of hydrogen-bond acceptors (Lipinski definition) is 6. The van der Waals surface area contributed by atoms with Crippen LogP contribution < -0.4 is 15.4 Å². The predicted octanol–water partition coefficient (Wildman–Crippen LogP) is 3.71. The number of likely N-dealkylation sites (tertiary alicyclic amines) is 1. The summed E-state index contributed by atoms with van der Waals surface area (Å²) in [6, 6.07) is 6.50. The second kappa shape index (κ2) is 11.3. The van der Waals surface area contributed by atoms with Crippen LogP contribution in [0.2, 0.25) is 0 Å². The number of carbonyl (C=O) groups is 2. The van der Waals surface area contributed by atoms with Gasteiger partial charge in [-0.15, -0.1) is 0 Å². The number of pyridine rings is 1. The molecule has 3 aromatic rings. The van der Waals surface area contributed by atoms with Crippen molar-refractivity contribution in [1.29, 1.82) is 0 Å². The molecule has 3 N–H and O–H groups in total. The fourth-order valence-electron chi connectivity index (χ4n) is 5.88. The highest BCUT2D eigenvalue weighted by Crippen LogP contribution is 2.48. The van der Waals surface area contributed by atoms with Crippen LogP contribution in [0.4, 0.5) is 15.8 Å². The van der Waals surface area contributed by atoms with Crippen molar-refractivity contribution in [1.82, 2.24) is 25.1 Å². The van der Waals surface area contributed by atoms with Crippen LogP contribution in [0, 0.1) is 23.6 Å². The summed E-state index contributed by atoms with van der Waals surface area (Å²) >= 11 is 0. The zero-order chi connectivity index (χ0) is 29.4. The molecule has 0 radical (unpaired) electrons. The van der Waals surface area contributed by atoms with Crippen molar-refractivity contribution in [3.63, 3.8) is 0 Å². The standard InChI is InChI=1S/C32H33FN6O3/c1-38(2)15-5-8-27(40)39-21(16-20-17-26(20)39)10-9-19-18-34-13-11-22(19)29-30(28-24(36-29)12-14-35-32(28)41)37-25-7-4-6-23(33)31(25)42-3/h4-8,11,13,18,20-21,26,36-37H,12,14-17H2,1-3H3,(H,35,41)/b8-5+/t20-,21+,26+/m1/s1. The molecule has 0 bridgehead atoms. The molecule has 0 spiro atoms. The number of aromatic amines is 1. The summed E-state index contributed by atoms with van der Waals surface area (Å²) in [5.41, 5.74) is 4.18. The zero-order valence-electron chi connectivity index (χ0n) is 23.8. The number of piperidine rings is 1. The van der Waals surface area contributed by atoms with Gasteiger partial charge in [-0.25, -0.2) is 4.39 Å². The molecular formula is C32H33FN6O3. The van der Waals surface area contributed by atoms with Gasteiger partial charge in [-0.05, 0) is 51.1 Å². The molecule has 2 amide bonds. The first-order valence-corrected chi connectivity index (χ1v) is 14.1. The van der Waals surface area contributed by atoms with E-state index in [1.54, 1.807) is 30.6 Å². The van der Waals surface area contributed by atoms with Crippen molar-refractivity contribution >= 4 is 23.2 Å². The van der Waals surface area contributed by atoms with Gasteiger partial charge in [0.05, 0.1) is 41.3 Å². The molecule has 2 aliphatic heterocycles. The number of likely N-dealkylation sites (N-methyl/N-ethyl adjacent to an activating group) is 1. The molecule has 1 saturated carbocycles. The Morgan fingerprint density at radius 2 is 2.17 bits per heavy atom. The van der Waals surface area contributed by atoms with Crippen LogP contribution in [-0.4, -0.2) is 78.0 Å². The topological polar surface area (TPSA) is 103 Å². The molecule has 3 aliphatic rings. The van der Waals surface area contributed by atoms with Crippen LogP contribution in [0.5, 0.6) is 5.75 Å². The lowest BCUT2D eigenvalue weighted by atomic mass is 10.0. The Balaban J connectivity index is 1.37. The van der Waals surface area contributed by atoms with Gasteiger partial charge in [0.15, 0.2) is 11.6 Å². The van der Waals surface area contributed by atoms with Gasteiger partial charge in [0, 0.05) is 55.3 Å². The van der Waals surface area contributed by atoms with Crippen molar-refractivity contribution in [3.05, 3.63) is 71.4 Å². The van der Waals surface area contributed by atoms with Crippen molar-refractivity contribution in [2.24, 2.45) is 5.92 Å². The highest BCUT2D eigenvalue weighted by Gasteiger charge is 2.53. The molecule has 10 heteroatoms. The highest BCUT2D eigenvalue weighted by atomic mass is 19.1. The van der Waals surface area contributed by atoms with Gasteiger partial charge in [-0.1, -0.05) is 24.0 Å². The van der Waals surface area contributed by atoms with E-state index in [1.807, 2.05) is 36.0 Å². The molecule has 9 nitrogen and oxygen atoms in total. The lowest BCUT2D eigenvalue weighted by molar-refractivity contribution is -0.126. The van der Waals surface area contributed by atoms with Gasteiger partial charge in [-0.2, -0.15) is 0 Å². The van der Waals surface area contributed by atoms with Crippen LogP contribution >= 0.6 is 0 Å². The molecule has 4 heterocycles. The number of methoxy groups -OCH3 is 1. The summed E-state index contributed by atoms with van der Waals surface area (Å²) in [7, 11) is 5.33. The fraction of sp³-hybridized carbons (Fsp3) is 0.344. The first-order valence-electron chi connectivity index (χ1n) is 14.1. The van der Waals surface area contributed by atoms with E-state index >= 15 is 0 Å². The molecular weight excluding hydrogens is 535 g/mol. The normalized spacial score (nSPS) is 20.5. The molecule has 1 aliphatic carbocycles. The van der Waals surface area contributed by atoms with Gasteiger partial charge in [0.25, 0.3) is 5.91 Å². The summed E-state index contributed by atoms with van der Waals surface area (Å²) in [6.45, 7) is 1.20. The zero-order valence-corrected chi connectivity index (χ0v) is 23.8. The lowest BCUT2D eigenvalue weighted by Gasteiger charge is -2.22. The van der Waals surface area contributed by atoms with E-state index in [9.17, 15) is 14.0 Å². The van der Waals surface area contributed by atoms with Crippen LogP contribution in [-0.2, 0) is 11.2 Å². The summed E-state index contributed by atoms with van der Waals surface area (Å²) in [4.78, 5) is 37.8. The number of nitrogens with one attached hydrogen (secondary N) is 3. The minimum atomic E-state index is -0.515. The summed E-state index contributed by atoms with van der Waals surface area (Å²) in [5, 5.41) is 6.17. The number of aromatic nitrogens is 2. The minimum absolute atomic E-state index is 0.00820. The quantitative estimate of drug-likeness (QED) is 0.297. The van der Waals surface area contributed by atoms with E-state index in [2.05, 4.69) is 32.4 Å². The van der Waals surface area contributed by atoms with Gasteiger partial charge in [0.1, 0.15) is 0 Å². The number of carbonyl (C=O) groups excluding carboxylic acids is 2. The van der Waals surface area contributed by atoms with Crippen molar-refractivity contribution in [3.8, 4) is 28.8 Å². The fourth-order valence-corrected chi connectivity index (χ4v) is 5.88. The number of anilines is 2. The highest BCUT2D eigenvalue weighted by molar-refractivity contribution is 6.06. The van der Waals surface area contributed by atoms with Crippen LogP contribution in [0.25, 0.3) is 11.3 Å². The van der Waals surface area contributed by atoms with Crippen LogP contribution in [0.15, 0.2) is 48.8 Å². The number of para-hydroxylation sites is 1. The van der Waals surface area contributed by atoms with Crippen molar-refractivity contribution in [2.45, 2.75) is 31.3 Å². The maximum atomic E-state index is 14.5. The third kappa shape index (κ3) is 5.23. The number of halogens is 1. The van der Waals surface area contributed by atoms with Crippen molar-refractivity contribution in [2.75, 3.05) is 39.6 Å². The summed E-state index contributed by atoms with van der Waals surface area (Å²) < 4.78 is 19.9. The molecule has 2 fully saturated rings. The smallest absolute Gasteiger partial charge is 0.255 e. The van der Waals surface area contributed by atoms with E-state index in [4.69, 9.17) is 4.74 Å². The summed E-state index contributed by atoms with van der Waals surface area (Å²) in [6.07, 6.45) is 9.38. The number of nitrogens with zero attached hydrogens (tertiary/aromatic N) is 3. The lowest BCUT2D eigenvalue weighted by Crippen LogP contribution is -2.36. The third-order valence-electron chi connectivity index (χ3n) is 7.95. The number of benzene rings is 1. The Bertz CT molecular complexity index is 1630. The largest absolute Gasteiger partial charge is 0.492 e. The number of H-pyrrole nitrogens is 1. The molecule has 0 unspecified atom stereocenters. The maximum absolute atomic E-state index is 14.5. The molecule has 3 atom stereocenters. The number of amides is 2. The Morgan fingerprint density at radius 1 is 1.31 bits per heavy atom. The Morgan fingerprint density at radius 3 is 2.98 bits per heavy atom. The van der Waals surface area contributed by atoms with Gasteiger partial charge in [-0.3, -0.25) is 14.6 Å². The molecule has 2 aromatic heterocycles. The van der Waals surface area contributed by atoms with Gasteiger partial charge >= 0.3 is 0 Å². The molecule has 1 saturated heterocycles. The van der Waals surface area contributed by atoms with Crippen LogP contribution in [0.1, 0.15) is 34.5 Å². The second-order valence-corrected chi connectivity index (χ2v) is 11.1. The van der Waals surface area contributed by atoms with Crippen molar-refractivity contribution < 1.29 is 18.7 Å². The first kappa shape index (κ1) is 27.5. The second-order valence-electron chi connectivity index (χ2n) is 11.1. The number of fused-ring (bicyclic) bond motifs is 2. The van der Waals surface area contributed by atoms with E-state index in [1.165, 1.54) is 13.2 Å². The molecule has 6 rings (SSSR count). The SMILES string of the molecule is COc1c(F)cccc1Nc1c(-c2ccncc2C#C[C@H]2C[C@@H]3C[C@@H]3N2C(=O)/C=C/CN(C)C)[nH]c2c1C(=O)NCC2. The summed E-state index contributed by atoms with van der Waals surface area (Å²) in [5.74, 6) is 6.45. The average molecular weight is 569 g/mol. The maximum Gasteiger partial charge on any atom is 0.255 e. The molecule has 42 heavy (non-hydrogen) atoms. The van der Waals surface area contributed by atoms with Gasteiger partial charge in [0.2, 0.25) is 5.91 Å². The molecule has 1 aromatic carbocycles. The van der Waals surface area contributed by atoms with E-state index in [-0.39, 0.29) is 29.6 Å². The molecule has 216 valence electrons. The van der Waals surface area contributed by atoms with Crippen LogP contribution in [0.3, 0.4) is 0 Å². The van der Waals surface area contributed by atoms with E-state index in [0.717, 1.165) is 24.1 Å².